The van der Waals surface area contributed by atoms with Crippen LogP contribution in [0.4, 0.5) is 0 Å². The van der Waals surface area contributed by atoms with Crippen molar-refractivity contribution in [1.82, 2.24) is 5.32 Å². The molecule has 0 unspecified atom stereocenters. The van der Waals surface area contributed by atoms with Crippen molar-refractivity contribution >= 4 is 23.6 Å². The van der Waals surface area contributed by atoms with Crippen molar-refractivity contribution in [3.05, 3.63) is 30.3 Å². The van der Waals surface area contributed by atoms with E-state index in [4.69, 9.17) is 12.0 Å². The van der Waals surface area contributed by atoms with Gasteiger partial charge in [-0.25, -0.2) is 4.79 Å². The lowest BCUT2D eigenvalue weighted by Crippen LogP contribution is -2.41. The molecule has 0 aliphatic carbocycles. The largest absolute Gasteiger partial charge is 0.480 e. The van der Waals surface area contributed by atoms with Crippen LogP contribution in [0.5, 0.6) is 0 Å². The number of hydrogen-bond acceptors (Lipinski definition) is 3. The van der Waals surface area contributed by atoms with E-state index in [1.165, 1.54) is 18.2 Å². The molecule has 0 aliphatic heterocycles. The summed E-state index contributed by atoms with van der Waals surface area (Å²) in [4.78, 5) is 22.3. The van der Waals surface area contributed by atoms with Gasteiger partial charge in [0.05, 0.1) is 4.11 Å². The van der Waals surface area contributed by atoms with Crippen LogP contribution in [0.2, 0.25) is 0 Å². The lowest BCUT2D eigenvalue weighted by atomic mass is 10.3. The van der Waals surface area contributed by atoms with Gasteiger partial charge in [-0.2, -0.15) is 0 Å². The van der Waals surface area contributed by atoms with E-state index in [1.54, 1.807) is 5.32 Å². The highest BCUT2D eigenvalue weighted by Gasteiger charge is 2.18. The Balaban J connectivity index is 3.21. The highest BCUT2D eigenvalue weighted by molar-refractivity contribution is 7.99. The van der Waals surface area contributed by atoms with Gasteiger partial charge in [0, 0.05) is 20.3 Å². The molecule has 1 aromatic rings. The van der Waals surface area contributed by atoms with Gasteiger partial charge in [-0.3, -0.25) is 4.79 Å². The average Bonchev–Trinajstić information content (AvgIpc) is 2.33. The summed E-state index contributed by atoms with van der Waals surface area (Å²) in [5, 5.41) is 10.9. The molecule has 1 atom stereocenters. The number of carbonyl (C=O) groups is 2. The van der Waals surface area contributed by atoms with Crippen LogP contribution in [0.25, 0.3) is 0 Å². The molecular weight excluding hydrogens is 226 g/mol. The molecule has 0 heterocycles. The number of aliphatic carboxylic acids is 1. The molecule has 0 aliphatic rings. The summed E-state index contributed by atoms with van der Waals surface area (Å²) in [6.07, 6.45) is 0. The molecule has 0 radical (unpaired) electrons. The summed E-state index contributed by atoms with van der Waals surface area (Å²) in [7, 11) is 0. The molecule has 1 rings (SSSR count). The zero-order valence-electron chi connectivity index (χ0n) is 13.4. The molecular formula is C11H13NO3S. The van der Waals surface area contributed by atoms with Crippen molar-refractivity contribution in [1.29, 1.82) is 0 Å². The quantitative estimate of drug-likeness (QED) is 0.768. The summed E-state index contributed by atoms with van der Waals surface area (Å²) < 4.78 is 38.5. The minimum atomic E-state index is -2.92. The van der Waals surface area contributed by atoms with E-state index in [0.29, 0.717) is 11.8 Å². The first kappa shape index (κ1) is 6.96. The number of carboxylic acid groups (broad SMARTS) is 1. The molecule has 0 fully saturated rings. The van der Waals surface area contributed by atoms with Crippen LogP contribution in [0.3, 0.4) is 0 Å². The van der Waals surface area contributed by atoms with Crippen LogP contribution in [0.15, 0.2) is 35.2 Å². The van der Waals surface area contributed by atoms with Gasteiger partial charge in [0.15, 0.2) is 0 Å². The topological polar surface area (TPSA) is 66.4 Å². The predicted octanol–water partition coefficient (Wildman–Crippen LogP) is 1.37. The maximum absolute atomic E-state index is 11.2. The second kappa shape index (κ2) is 6.17. The van der Waals surface area contributed by atoms with E-state index in [0.717, 1.165) is 6.92 Å². The van der Waals surface area contributed by atoms with E-state index >= 15 is 0 Å². The van der Waals surface area contributed by atoms with Crippen molar-refractivity contribution < 1.29 is 21.5 Å². The third kappa shape index (κ3) is 4.35. The molecule has 2 N–H and O–H groups in total. The standard InChI is InChI=1S/C11H13NO3S/c1-8(13)12-10(11(14)15)7-16-9-5-3-2-4-6-9/h2-6,10H,7H2,1H3,(H,12,13)(H,14,15)/t10-/m0/s1/i3D,5D,7D2,10D. The van der Waals surface area contributed by atoms with E-state index in [-0.39, 0.29) is 17.0 Å². The van der Waals surface area contributed by atoms with Gasteiger partial charge in [0.2, 0.25) is 5.91 Å². The van der Waals surface area contributed by atoms with E-state index in [2.05, 4.69) is 0 Å². The monoisotopic (exact) mass is 244 g/mol. The van der Waals surface area contributed by atoms with Gasteiger partial charge in [-0.1, -0.05) is 18.2 Å². The minimum Gasteiger partial charge on any atom is -0.480 e. The first-order valence-electron chi connectivity index (χ1n) is 6.78. The second-order valence-corrected chi connectivity index (χ2v) is 3.57. The Labute approximate surface area is 105 Å². The molecule has 0 spiro atoms. The molecule has 86 valence electrons. The maximum Gasteiger partial charge on any atom is 0.327 e. The average molecular weight is 244 g/mol. The van der Waals surface area contributed by atoms with Crippen LogP contribution < -0.4 is 5.32 Å². The summed E-state index contributed by atoms with van der Waals surface area (Å²) in [5.41, 5.74) is -2.76. The maximum atomic E-state index is 11.2. The lowest BCUT2D eigenvalue weighted by Gasteiger charge is -2.12. The summed E-state index contributed by atoms with van der Waals surface area (Å²) in [5.74, 6) is -2.72. The lowest BCUT2D eigenvalue weighted by molar-refractivity contribution is -0.140. The number of carboxylic acids is 1. The molecule has 0 bridgehead atoms. The number of hydrogen-bond donors (Lipinski definition) is 2. The predicted molar refractivity (Wildman–Crippen MR) is 62.4 cm³/mol. The number of carbonyl (C=O) groups excluding carboxylic acids is 1. The highest BCUT2D eigenvalue weighted by Crippen LogP contribution is 2.17. The van der Waals surface area contributed by atoms with Crippen LogP contribution in [0.1, 0.15) is 13.8 Å². The van der Waals surface area contributed by atoms with E-state index in [9.17, 15) is 9.59 Å². The fourth-order valence-corrected chi connectivity index (χ4v) is 1.41. The fraction of sp³-hybridized carbons (Fsp3) is 0.273. The van der Waals surface area contributed by atoms with Crippen LogP contribution >= 0.6 is 11.8 Å². The van der Waals surface area contributed by atoms with E-state index in [1.807, 2.05) is 0 Å². The van der Waals surface area contributed by atoms with Gasteiger partial charge in [-0.05, 0) is 12.1 Å². The van der Waals surface area contributed by atoms with Gasteiger partial charge in [0.25, 0.3) is 0 Å². The molecule has 1 aromatic carbocycles. The van der Waals surface area contributed by atoms with Crippen LogP contribution in [-0.4, -0.2) is 28.7 Å². The van der Waals surface area contributed by atoms with Crippen molar-refractivity contribution in [3.8, 4) is 0 Å². The molecule has 5 heteroatoms. The van der Waals surface area contributed by atoms with Gasteiger partial charge >= 0.3 is 5.97 Å². The second-order valence-electron chi connectivity index (χ2n) is 2.72. The van der Waals surface area contributed by atoms with Crippen LogP contribution in [-0.2, 0) is 9.59 Å². The Morgan fingerprint density at radius 2 is 2.50 bits per heavy atom. The smallest absolute Gasteiger partial charge is 0.327 e. The van der Waals surface area contributed by atoms with Crippen molar-refractivity contribution in [3.63, 3.8) is 0 Å². The molecule has 0 saturated carbocycles. The Morgan fingerprint density at radius 1 is 1.75 bits per heavy atom. The Kier molecular flexibility index (Phi) is 2.68. The first-order valence-corrected chi connectivity index (χ1v) is 5.10. The third-order valence-electron chi connectivity index (χ3n) is 1.40. The van der Waals surface area contributed by atoms with Crippen LogP contribution in [0, 0.1) is 0 Å². The molecule has 0 aromatic heterocycles. The number of amides is 1. The van der Waals surface area contributed by atoms with Gasteiger partial charge < -0.3 is 10.4 Å². The number of benzene rings is 1. The number of thioether (sulfide) groups is 1. The highest BCUT2D eigenvalue weighted by atomic mass is 32.2. The van der Waals surface area contributed by atoms with Gasteiger partial charge in [-0.15, -0.1) is 11.8 Å². The Bertz CT molecular complexity index is 583. The number of rotatable bonds is 5. The third-order valence-corrected chi connectivity index (χ3v) is 2.16. The fourth-order valence-electron chi connectivity index (χ4n) is 0.802. The zero-order chi connectivity index (χ0) is 16.4. The normalized spacial score (nSPS) is 19.2. The first-order chi connectivity index (χ1) is 9.51. The summed E-state index contributed by atoms with van der Waals surface area (Å²) >= 11 is 0.307. The Morgan fingerprint density at radius 3 is 3.12 bits per heavy atom. The van der Waals surface area contributed by atoms with Crippen molar-refractivity contribution in [2.75, 3.05) is 5.70 Å². The molecule has 4 nitrogen and oxygen atoms in total. The molecule has 16 heavy (non-hydrogen) atoms. The van der Waals surface area contributed by atoms with Gasteiger partial charge in [0.1, 0.15) is 6.02 Å². The number of nitrogens with one attached hydrogen (secondary N) is 1. The SMILES string of the molecule is [2H]c1cccc(SC([2H])([2H])[C@]([2H])(NC(C)=O)C(=O)O)c1[2H]. The van der Waals surface area contributed by atoms with Crippen molar-refractivity contribution in [2.24, 2.45) is 0 Å². The minimum absolute atomic E-state index is 0.00993. The summed E-state index contributed by atoms with van der Waals surface area (Å²) in [6, 6.07) is 0.750. The Hall–Kier alpha value is -1.49. The van der Waals surface area contributed by atoms with Crippen molar-refractivity contribution in [2.45, 2.75) is 17.8 Å². The summed E-state index contributed by atoms with van der Waals surface area (Å²) in [6.45, 7) is 0.979. The molecule has 0 saturated heterocycles. The zero-order valence-corrected chi connectivity index (χ0v) is 9.22. The molecule has 1 amide bonds. The van der Waals surface area contributed by atoms with E-state index < -0.39 is 23.6 Å².